The molecule has 0 aliphatic rings. The Morgan fingerprint density at radius 1 is 1.53 bits per heavy atom. The molecule has 0 saturated heterocycles. The van der Waals surface area contributed by atoms with Crippen LogP contribution in [0.2, 0.25) is 0 Å². The normalized spacial score (nSPS) is 11.6. The van der Waals surface area contributed by atoms with E-state index in [4.69, 9.17) is 4.74 Å². The number of rotatable bonds is 6. The Labute approximate surface area is 106 Å². The first-order chi connectivity index (χ1) is 8.26. The molecule has 17 heavy (non-hydrogen) atoms. The molecule has 0 atom stereocenters. The van der Waals surface area contributed by atoms with E-state index in [0.717, 1.165) is 24.1 Å². The highest BCUT2D eigenvalue weighted by Crippen LogP contribution is 2.10. The zero-order valence-electron chi connectivity index (χ0n) is 10.6. The SMILES string of the molecule is CCOCCNC(=NC)NCc1ncc(C)s1. The summed E-state index contributed by atoms with van der Waals surface area (Å²) < 4.78 is 5.24. The average molecular weight is 256 g/mol. The van der Waals surface area contributed by atoms with Gasteiger partial charge < -0.3 is 15.4 Å². The van der Waals surface area contributed by atoms with E-state index in [1.165, 1.54) is 4.88 Å². The van der Waals surface area contributed by atoms with Gasteiger partial charge in [-0.15, -0.1) is 11.3 Å². The monoisotopic (exact) mass is 256 g/mol. The number of hydrogen-bond acceptors (Lipinski definition) is 4. The third-order valence-corrected chi connectivity index (χ3v) is 2.96. The van der Waals surface area contributed by atoms with Crippen LogP contribution in [0.25, 0.3) is 0 Å². The molecule has 1 rings (SSSR count). The molecule has 0 unspecified atom stereocenters. The van der Waals surface area contributed by atoms with E-state index in [0.29, 0.717) is 13.2 Å². The minimum atomic E-state index is 0.688. The molecule has 1 aromatic heterocycles. The van der Waals surface area contributed by atoms with Gasteiger partial charge in [0.15, 0.2) is 5.96 Å². The molecule has 6 heteroatoms. The van der Waals surface area contributed by atoms with Gasteiger partial charge in [0.1, 0.15) is 5.01 Å². The van der Waals surface area contributed by atoms with E-state index in [-0.39, 0.29) is 0 Å². The lowest BCUT2D eigenvalue weighted by atomic mass is 10.6. The Hall–Kier alpha value is -1.14. The number of thiazole rings is 1. The largest absolute Gasteiger partial charge is 0.380 e. The zero-order chi connectivity index (χ0) is 12.5. The van der Waals surface area contributed by atoms with E-state index in [9.17, 15) is 0 Å². The van der Waals surface area contributed by atoms with Crippen molar-refractivity contribution in [3.8, 4) is 0 Å². The lowest BCUT2D eigenvalue weighted by molar-refractivity contribution is 0.152. The van der Waals surface area contributed by atoms with Crippen molar-refractivity contribution in [3.05, 3.63) is 16.1 Å². The van der Waals surface area contributed by atoms with Crippen LogP contribution in [0.5, 0.6) is 0 Å². The molecule has 0 aromatic carbocycles. The summed E-state index contributed by atoms with van der Waals surface area (Å²) in [6, 6.07) is 0. The Kier molecular flexibility index (Phi) is 6.57. The second-order valence-electron chi connectivity index (χ2n) is 3.41. The molecule has 0 saturated carbocycles. The van der Waals surface area contributed by atoms with Gasteiger partial charge in [-0.05, 0) is 13.8 Å². The van der Waals surface area contributed by atoms with Crippen LogP contribution in [0.15, 0.2) is 11.2 Å². The molecule has 5 nitrogen and oxygen atoms in total. The molecule has 0 aliphatic carbocycles. The van der Waals surface area contributed by atoms with Crippen LogP contribution in [0, 0.1) is 6.92 Å². The number of ether oxygens (including phenoxy) is 1. The highest BCUT2D eigenvalue weighted by molar-refractivity contribution is 7.11. The van der Waals surface area contributed by atoms with Crippen molar-refractivity contribution in [1.29, 1.82) is 0 Å². The summed E-state index contributed by atoms with van der Waals surface area (Å²) in [5.41, 5.74) is 0. The fourth-order valence-electron chi connectivity index (χ4n) is 1.25. The second-order valence-corrected chi connectivity index (χ2v) is 4.73. The Bertz CT molecular complexity index is 351. The summed E-state index contributed by atoms with van der Waals surface area (Å²) in [7, 11) is 1.75. The summed E-state index contributed by atoms with van der Waals surface area (Å²) in [5, 5.41) is 7.44. The summed E-state index contributed by atoms with van der Waals surface area (Å²) in [4.78, 5) is 9.63. The van der Waals surface area contributed by atoms with Crippen molar-refractivity contribution in [1.82, 2.24) is 15.6 Å². The van der Waals surface area contributed by atoms with E-state index in [1.807, 2.05) is 13.1 Å². The molecular formula is C11H20N4OS. The minimum Gasteiger partial charge on any atom is -0.380 e. The van der Waals surface area contributed by atoms with Crippen molar-refractivity contribution in [2.24, 2.45) is 4.99 Å². The fraction of sp³-hybridized carbons (Fsp3) is 0.636. The van der Waals surface area contributed by atoms with Crippen LogP contribution in [-0.2, 0) is 11.3 Å². The smallest absolute Gasteiger partial charge is 0.191 e. The van der Waals surface area contributed by atoms with Crippen LogP contribution in [0.4, 0.5) is 0 Å². The molecule has 0 aliphatic heterocycles. The van der Waals surface area contributed by atoms with Gasteiger partial charge in [-0.3, -0.25) is 4.99 Å². The summed E-state index contributed by atoms with van der Waals surface area (Å²) >= 11 is 1.69. The minimum absolute atomic E-state index is 0.688. The first-order valence-corrected chi connectivity index (χ1v) is 6.51. The third-order valence-electron chi connectivity index (χ3n) is 2.04. The average Bonchev–Trinajstić information content (AvgIpc) is 2.74. The molecule has 0 amide bonds. The van der Waals surface area contributed by atoms with Gasteiger partial charge in [-0.1, -0.05) is 0 Å². The number of nitrogens with zero attached hydrogens (tertiary/aromatic N) is 2. The molecule has 0 bridgehead atoms. The van der Waals surface area contributed by atoms with Crippen LogP contribution in [0.3, 0.4) is 0 Å². The number of hydrogen-bond donors (Lipinski definition) is 2. The molecular weight excluding hydrogens is 236 g/mol. The summed E-state index contributed by atoms with van der Waals surface area (Å²) in [5.74, 6) is 0.776. The lowest BCUT2D eigenvalue weighted by Gasteiger charge is -2.10. The molecule has 1 aromatic rings. The standard InChI is InChI=1S/C11H20N4OS/c1-4-16-6-5-13-11(12-3)15-8-10-14-7-9(2)17-10/h7H,4-6,8H2,1-3H3,(H2,12,13,15). The van der Waals surface area contributed by atoms with Crippen LogP contribution in [-0.4, -0.2) is 37.7 Å². The van der Waals surface area contributed by atoms with Crippen LogP contribution < -0.4 is 10.6 Å². The number of nitrogens with one attached hydrogen (secondary N) is 2. The number of guanidine groups is 1. The van der Waals surface area contributed by atoms with E-state index >= 15 is 0 Å². The maximum Gasteiger partial charge on any atom is 0.191 e. The number of aromatic nitrogens is 1. The Morgan fingerprint density at radius 2 is 2.35 bits per heavy atom. The molecule has 0 fully saturated rings. The predicted octanol–water partition coefficient (Wildman–Crippen LogP) is 1.15. The Morgan fingerprint density at radius 3 is 2.94 bits per heavy atom. The van der Waals surface area contributed by atoms with Gasteiger partial charge in [-0.25, -0.2) is 4.98 Å². The fourth-order valence-corrected chi connectivity index (χ4v) is 1.98. The van der Waals surface area contributed by atoms with Crippen LogP contribution >= 0.6 is 11.3 Å². The number of aryl methyl sites for hydroxylation is 1. The van der Waals surface area contributed by atoms with E-state index < -0.39 is 0 Å². The molecule has 1 heterocycles. The van der Waals surface area contributed by atoms with Gasteiger partial charge in [-0.2, -0.15) is 0 Å². The maximum absolute atomic E-state index is 5.24. The van der Waals surface area contributed by atoms with E-state index in [2.05, 4.69) is 27.5 Å². The summed E-state index contributed by atoms with van der Waals surface area (Å²) in [6.45, 7) is 6.92. The van der Waals surface area contributed by atoms with Gasteiger partial charge >= 0.3 is 0 Å². The first-order valence-electron chi connectivity index (χ1n) is 5.69. The van der Waals surface area contributed by atoms with Crippen molar-refractivity contribution in [2.45, 2.75) is 20.4 Å². The molecule has 0 radical (unpaired) electrons. The highest BCUT2D eigenvalue weighted by atomic mass is 32.1. The quantitative estimate of drug-likeness (QED) is 0.455. The van der Waals surface area contributed by atoms with Gasteiger partial charge in [0.2, 0.25) is 0 Å². The highest BCUT2D eigenvalue weighted by Gasteiger charge is 2.00. The third kappa shape index (κ3) is 5.65. The summed E-state index contributed by atoms with van der Waals surface area (Å²) in [6.07, 6.45) is 1.88. The van der Waals surface area contributed by atoms with Gasteiger partial charge in [0.25, 0.3) is 0 Å². The molecule has 0 spiro atoms. The van der Waals surface area contributed by atoms with Crippen molar-refractivity contribution >= 4 is 17.3 Å². The molecule has 2 N–H and O–H groups in total. The molecule has 96 valence electrons. The van der Waals surface area contributed by atoms with Crippen LogP contribution in [0.1, 0.15) is 16.8 Å². The van der Waals surface area contributed by atoms with Gasteiger partial charge in [0.05, 0.1) is 13.2 Å². The first kappa shape index (κ1) is 13.9. The Balaban J connectivity index is 2.23. The second kappa shape index (κ2) is 8.03. The van der Waals surface area contributed by atoms with Crippen molar-refractivity contribution < 1.29 is 4.74 Å². The topological polar surface area (TPSA) is 58.5 Å². The van der Waals surface area contributed by atoms with E-state index in [1.54, 1.807) is 18.4 Å². The zero-order valence-corrected chi connectivity index (χ0v) is 11.4. The predicted molar refractivity (Wildman–Crippen MR) is 71.5 cm³/mol. The van der Waals surface area contributed by atoms with Crippen molar-refractivity contribution in [2.75, 3.05) is 26.8 Å². The number of aliphatic imine (C=N–C) groups is 1. The van der Waals surface area contributed by atoms with Crippen molar-refractivity contribution in [3.63, 3.8) is 0 Å². The lowest BCUT2D eigenvalue weighted by Crippen LogP contribution is -2.38. The van der Waals surface area contributed by atoms with Gasteiger partial charge in [0, 0.05) is 31.3 Å². The maximum atomic E-state index is 5.24.